The highest BCUT2D eigenvalue weighted by molar-refractivity contribution is 5.73. The Morgan fingerprint density at radius 1 is 0.806 bits per heavy atom. The second-order valence-electron chi connectivity index (χ2n) is 9.25. The van der Waals surface area contributed by atoms with Crippen LogP contribution in [0.2, 0.25) is 0 Å². The minimum absolute atomic E-state index is 0.0100. The Hall–Kier alpha value is -3.17. The summed E-state index contributed by atoms with van der Waals surface area (Å²) in [6.45, 7) is 10.6. The number of carboxylic acids is 1. The van der Waals surface area contributed by atoms with Crippen LogP contribution in [0.1, 0.15) is 56.7 Å². The van der Waals surface area contributed by atoms with E-state index in [0.29, 0.717) is 13.1 Å². The summed E-state index contributed by atoms with van der Waals surface area (Å²) in [4.78, 5) is 33.4. The summed E-state index contributed by atoms with van der Waals surface area (Å²) in [5, 5.41) is 9.47. The number of carboxylic acid groups (broad SMARTS) is 1. The van der Waals surface area contributed by atoms with Crippen LogP contribution in [0.3, 0.4) is 0 Å². The first-order valence-electron chi connectivity index (χ1n) is 13.0. The molecule has 0 fully saturated rings. The maximum Gasteiger partial charge on any atom is 0.323 e. The zero-order valence-corrected chi connectivity index (χ0v) is 21.7. The Morgan fingerprint density at radius 2 is 1.39 bits per heavy atom. The molecule has 3 rings (SSSR count). The van der Waals surface area contributed by atoms with Crippen molar-refractivity contribution < 1.29 is 9.90 Å². The van der Waals surface area contributed by atoms with E-state index in [4.69, 9.17) is 0 Å². The number of unbranched alkanes of at least 4 members (excludes halogenated alkanes) is 1. The van der Waals surface area contributed by atoms with Gasteiger partial charge in [0.2, 0.25) is 0 Å². The van der Waals surface area contributed by atoms with E-state index in [-0.39, 0.29) is 6.54 Å². The van der Waals surface area contributed by atoms with E-state index in [1.165, 1.54) is 0 Å². The molecule has 0 saturated carbocycles. The van der Waals surface area contributed by atoms with Gasteiger partial charge in [-0.25, -0.2) is 9.97 Å². The number of hydrogen-bond acceptors (Lipinski definition) is 6. The molecule has 0 atom stereocenters. The predicted molar refractivity (Wildman–Crippen MR) is 143 cm³/mol. The lowest BCUT2D eigenvalue weighted by Gasteiger charge is -2.25. The summed E-state index contributed by atoms with van der Waals surface area (Å²) in [5.41, 5.74) is 2.10. The van der Waals surface area contributed by atoms with Crippen LogP contribution in [0.5, 0.6) is 0 Å². The summed E-state index contributed by atoms with van der Waals surface area (Å²) in [7, 11) is 0. The third-order valence-corrected chi connectivity index (χ3v) is 6.12. The van der Waals surface area contributed by atoms with Crippen LogP contribution in [-0.2, 0) is 24.4 Å². The highest BCUT2D eigenvalue weighted by Crippen LogP contribution is 2.18. The molecule has 9 heteroatoms. The predicted octanol–water partition coefficient (Wildman–Crippen LogP) is 4.13. The number of aliphatic carboxylic acids is 1. The van der Waals surface area contributed by atoms with Crippen molar-refractivity contribution in [1.29, 1.82) is 0 Å². The van der Waals surface area contributed by atoms with E-state index < -0.39 is 5.97 Å². The van der Waals surface area contributed by atoms with E-state index in [9.17, 15) is 9.90 Å². The van der Waals surface area contributed by atoms with Gasteiger partial charge in [-0.05, 0) is 63.0 Å². The van der Waals surface area contributed by atoms with Gasteiger partial charge in [0.1, 0.15) is 18.2 Å². The number of benzene rings is 1. The molecule has 3 N–H and O–H groups in total. The smallest absolute Gasteiger partial charge is 0.323 e. The van der Waals surface area contributed by atoms with Crippen molar-refractivity contribution in [2.45, 2.75) is 59.2 Å². The minimum Gasteiger partial charge on any atom is -0.480 e. The Kier molecular flexibility index (Phi) is 11.5. The minimum atomic E-state index is -0.805. The standard InChI is InChI=1S/C27H41N7O2/c1-3-15-32(16-4-2)17-5-6-18-34(22-27(35)36)24-9-7-23(8-10-24)19-33(20-25-28-11-12-29-25)21-26-30-13-14-31-26/h7-14H,3-6,15-22H2,1-2H3,(H,28,29)(H,30,31)(H,35,36). The van der Waals surface area contributed by atoms with Gasteiger partial charge in [-0.1, -0.05) is 26.0 Å². The zero-order chi connectivity index (χ0) is 25.6. The lowest BCUT2D eigenvalue weighted by atomic mass is 10.1. The van der Waals surface area contributed by atoms with Crippen molar-refractivity contribution in [1.82, 2.24) is 29.7 Å². The first-order valence-corrected chi connectivity index (χ1v) is 13.0. The molecule has 0 amide bonds. The number of anilines is 1. The number of nitrogens with zero attached hydrogens (tertiary/aromatic N) is 5. The van der Waals surface area contributed by atoms with Crippen molar-refractivity contribution in [2.24, 2.45) is 0 Å². The molecule has 0 aliphatic rings. The molecule has 9 nitrogen and oxygen atoms in total. The van der Waals surface area contributed by atoms with Gasteiger partial charge in [0.15, 0.2) is 0 Å². The summed E-state index contributed by atoms with van der Waals surface area (Å²) >= 11 is 0. The van der Waals surface area contributed by atoms with Gasteiger partial charge >= 0.3 is 5.97 Å². The average molecular weight is 496 g/mol. The number of H-pyrrole nitrogens is 2. The topological polar surface area (TPSA) is 104 Å². The second kappa shape index (κ2) is 15.1. The molecule has 0 saturated heterocycles. The monoisotopic (exact) mass is 495 g/mol. The number of hydrogen-bond donors (Lipinski definition) is 3. The fourth-order valence-corrected chi connectivity index (χ4v) is 4.50. The molecule has 196 valence electrons. The lowest BCUT2D eigenvalue weighted by Crippen LogP contribution is -2.32. The quantitative estimate of drug-likeness (QED) is 0.228. The van der Waals surface area contributed by atoms with Crippen LogP contribution in [-0.4, -0.2) is 73.5 Å². The van der Waals surface area contributed by atoms with Gasteiger partial charge in [-0.3, -0.25) is 9.69 Å². The third-order valence-electron chi connectivity index (χ3n) is 6.12. The molecule has 36 heavy (non-hydrogen) atoms. The van der Waals surface area contributed by atoms with Crippen LogP contribution in [0.15, 0.2) is 49.1 Å². The molecular formula is C27H41N7O2. The molecule has 0 aliphatic carbocycles. The van der Waals surface area contributed by atoms with Crippen molar-refractivity contribution in [3.05, 3.63) is 66.3 Å². The number of aromatic amines is 2. The Bertz CT molecular complexity index is 932. The molecule has 1 aromatic carbocycles. The first-order chi connectivity index (χ1) is 17.6. The first kappa shape index (κ1) is 27.4. The second-order valence-corrected chi connectivity index (χ2v) is 9.25. The van der Waals surface area contributed by atoms with Gasteiger partial charge in [0, 0.05) is 43.6 Å². The van der Waals surface area contributed by atoms with Crippen LogP contribution >= 0.6 is 0 Å². The van der Waals surface area contributed by atoms with Crippen LogP contribution in [0, 0.1) is 0 Å². The molecule has 0 aliphatic heterocycles. The van der Waals surface area contributed by atoms with Crippen molar-refractivity contribution in [3.8, 4) is 0 Å². The summed E-state index contributed by atoms with van der Waals surface area (Å²) in [6, 6.07) is 8.25. The SMILES string of the molecule is CCCN(CCC)CCCCN(CC(=O)O)c1ccc(CN(Cc2ncc[nH]2)Cc2ncc[nH]2)cc1. The number of carbonyl (C=O) groups is 1. The normalized spacial score (nSPS) is 11.4. The van der Waals surface area contributed by atoms with Crippen LogP contribution in [0.25, 0.3) is 0 Å². The Balaban J connectivity index is 1.59. The van der Waals surface area contributed by atoms with E-state index in [1.807, 2.05) is 29.4 Å². The molecule has 2 heterocycles. The van der Waals surface area contributed by atoms with E-state index in [1.54, 1.807) is 12.4 Å². The molecule has 0 spiro atoms. The van der Waals surface area contributed by atoms with Gasteiger partial charge in [-0.2, -0.15) is 0 Å². The molecule has 2 aromatic heterocycles. The average Bonchev–Trinajstić information content (AvgIpc) is 3.56. The summed E-state index contributed by atoms with van der Waals surface area (Å²) < 4.78 is 0. The van der Waals surface area contributed by atoms with Gasteiger partial charge in [-0.15, -0.1) is 0 Å². The molecule has 0 unspecified atom stereocenters. The van der Waals surface area contributed by atoms with Crippen molar-refractivity contribution >= 4 is 11.7 Å². The highest BCUT2D eigenvalue weighted by atomic mass is 16.4. The number of aromatic nitrogens is 4. The van der Waals surface area contributed by atoms with Crippen LogP contribution in [0.4, 0.5) is 5.69 Å². The van der Waals surface area contributed by atoms with E-state index >= 15 is 0 Å². The van der Waals surface area contributed by atoms with E-state index in [2.05, 4.69) is 55.7 Å². The van der Waals surface area contributed by atoms with Crippen molar-refractivity contribution in [2.75, 3.05) is 37.6 Å². The van der Waals surface area contributed by atoms with E-state index in [0.717, 1.165) is 81.3 Å². The van der Waals surface area contributed by atoms with Gasteiger partial charge in [0.25, 0.3) is 0 Å². The highest BCUT2D eigenvalue weighted by Gasteiger charge is 2.14. The van der Waals surface area contributed by atoms with Crippen molar-refractivity contribution in [3.63, 3.8) is 0 Å². The Morgan fingerprint density at radius 3 is 1.89 bits per heavy atom. The van der Waals surface area contributed by atoms with Gasteiger partial charge < -0.3 is 24.9 Å². The summed E-state index contributed by atoms with van der Waals surface area (Å²) in [6.07, 6.45) is 11.6. The summed E-state index contributed by atoms with van der Waals surface area (Å²) in [5.74, 6) is 1.00. The fourth-order valence-electron chi connectivity index (χ4n) is 4.50. The molecule has 3 aromatic rings. The fraction of sp³-hybridized carbons (Fsp3) is 0.519. The molecule has 0 radical (unpaired) electrons. The maximum absolute atomic E-state index is 11.5. The largest absolute Gasteiger partial charge is 0.480 e. The number of imidazole rings is 2. The lowest BCUT2D eigenvalue weighted by molar-refractivity contribution is -0.135. The molecular weight excluding hydrogens is 454 g/mol. The third kappa shape index (κ3) is 9.47. The number of nitrogens with one attached hydrogen (secondary N) is 2. The zero-order valence-electron chi connectivity index (χ0n) is 21.7. The Labute approximate surface area is 214 Å². The molecule has 0 bridgehead atoms. The van der Waals surface area contributed by atoms with Gasteiger partial charge in [0.05, 0.1) is 13.1 Å². The number of rotatable bonds is 18. The maximum atomic E-state index is 11.5. The van der Waals surface area contributed by atoms with Crippen LogP contribution < -0.4 is 4.90 Å².